The maximum atomic E-state index is 13.6. The molecule has 0 spiro atoms. The number of halogens is 3. The molecule has 10 heteroatoms. The Bertz CT molecular complexity index is 1350. The summed E-state index contributed by atoms with van der Waals surface area (Å²) in [6.07, 6.45) is -1.19. The zero-order valence-electron chi connectivity index (χ0n) is 19.3. The van der Waals surface area contributed by atoms with E-state index >= 15 is 0 Å². The van der Waals surface area contributed by atoms with E-state index in [9.17, 15) is 18.0 Å². The molecule has 0 bridgehead atoms. The first-order valence-corrected chi connectivity index (χ1v) is 11.4. The highest BCUT2D eigenvalue weighted by Crippen LogP contribution is 2.32. The second-order valence-electron chi connectivity index (χ2n) is 8.78. The number of pyridine rings is 1. The Balaban J connectivity index is 1.41. The second-order valence-corrected chi connectivity index (χ2v) is 8.78. The topological polar surface area (TPSA) is 67.4 Å². The first kappa shape index (κ1) is 22.9. The predicted octanol–water partition coefficient (Wildman–Crippen LogP) is 5.25. The Labute approximate surface area is 199 Å². The SMILES string of the molecule is CC(C)n1ncc2c(C(=O)N3CCN(c4cccc(C(F)(F)F)c4)CC3)cc(-c3ccco3)nc21. The molecule has 5 rings (SSSR count). The van der Waals surface area contributed by atoms with Crippen LogP contribution in [0.3, 0.4) is 0 Å². The normalized spacial score (nSPS) is 14.8. The largest absolute Gasteiger partial charge is 0.463 e. The van der Waals surface area contributed by atoms with E-state index in [2.05, 4.69) is 5.10 Å². The van der Waals surface area contributed by atoms with Crippen molar-refractivity contribution in [1.29, 1.82) is 0 Å². The van der Waals surface area contributed by atoms with Crippen LogP contribution >= 0.6 is 0 Å². The summed E-state index contributed by atoms with van der Waals surface area (Å²) in [5.41, 5.74) is 1.42. The van der Waals surface area contributed by atoms with Crippen LogP contribution in [0.2, 0.25) is 0 Å². The number of rotatable bonds is 4. The molecule has 0 atom stereocenters. The number of amides is 1. The van der Waals surface area contributed by atoms with Crippen molar-refractivity contribution in [3.63, 3.8) is 0 Å². The van der Waals surface area contributed by atoms with Crippen LogP contribution in [0.1, 0.15) is 35.8 Å². The molecule has 1 amide bonds. The number of alkyl halides is 3. The number of nitrogens with zero attached hydrogens (tertiary/aromatic N) is 5. The summed E-state index contributed by atoms with van der Waals surface area (Å²) < 4.78 is 46.6. The van der Waals surface area contributed by atoms with Crippen molar-refractivity contribution in [2.45, 2.75) is 26.1 Å². The van der Waals surface area contributed by atoms with Crippen molar-refractivity contribution in [3.8, 4) is 11.5 Å². The zero-order valence-corrected chi connectivity index (χ0v) is 19.3. The summed E-state index contributed by atoms with van der Waals surface area (Å²) in [6, 6.07) is 10.6. The summed E-state index contributed by atoms with van der Waals surface area (Å²) >= 11 is 0. The number of hydrogen-bond acceptors (Lipinski definition) is 5. The van der Waals surface area contributed by atoms with Crippen LogP contribution in [0.5, 0.6) is 0 Å². The summed E-state index contributed by atoms with van der Waals surface area (Å²) in [5, 5.41) is 5.09. The summed E-state index contributed by atoms with van der Waals surface area (Å²) in [7, 11) is 0. The van der Waals surface area contributed by atoms with E-state index in [1.165, 1.54) is 6.07 Å². The van der Waals surface area contributed by atoms with E-state index in [-0.39, 0.29) is 11.9 Å². The van der Waals surface area contributed by atoms with Crippen molar-refractivity contribution < 1.29 is 22.4 Å². The van der Waals surface area contributed by atoms with Gasteiger partial charge < -0.3 is 14.2 Å². The molecule has 4 heterocycles. The third-order valence-electron chi connectivity index (χ3n) is 6.17. The molecule has 1 saturated heterocycles. The van der Waals surface area contributed by atoms with Crippen molar-refractivity contribution in [3.05, 3.63) is 66.1 Å². The number of furan rings is 1. The van der Waals surface area contributed by atoms with Crippen LogP contribution in [-0.4, -0.2) is 51.8 Å². The monoisotopic (exact) mass is 483 g/mol. The van der Waals surface area contributed by atoms with Crippen LogP contribution in [0.25, 0.3) is 22.5 Å². The molecule has 1 aromatic carbocycles. The third-order valence-corrected chi connectivity index (χ3v) is 6.17. The summed E-state index contributed by atoms with van der Waals surface area (Å²) in [4.78, 5) is 21.9. The molecule has 182 valence electrons. The highest BCUT2D eigenvalue weighted by atomic mass is 19.4. The van der Waals surface area contributed by atoms with Crippen molar-refractivity contribution in [1.82, 2.24) is 19.7 Å². The Morgan fingerprint density at radius 2 is 1.83 bits per heavy atom. The van der Waals surface area contributed by atoms with Gasteiger partial charge in [0.1, 0.15) is 5.69 Å². The van der Waals surface area contributed by atoms with E-state index in [0.29, 0.717) is 59.9 Å². The Hall–Kier alpha value is -3.82. The molecule has 0 aliphatic carbocycles. The number of carbonyl (C=O) groups is 1. The molecular weight excluding hydrogens is 459 g/mol. The molecule has 0 saturated carbocycles. The fraction of sp³-hybridized carbons (Fsp3) is 0.320. The molecule has 7 nitrogen and oxygen atoms in total. The average Bonchev–Trinajstić information content (AvgIpc) is 3.53. The Morgan fingerprint density at radius 1 is 1.06 bits per heavy atom. The zero-order chi connectivity index (χ0) is 24.7. The lowest BCUT2D eigenvalue weighted by Gasteiger charge is -2.36. The van der Waals surface area contributed by atoms with E-state index < -0.39 is 11.7 Å². The fourth-order valence-corrected chi connectivity index (χ4v) is 4.34. The minimum absolute atomic E-state index is 0.0470. The maximum Gasteiger partial charge on any atom is 0.416 e. The lowest BCUT2D eigenvalue weighted by molar-refractivity contribution is -0.137. The standard InChI is InChI=1S/C25H24F3N5O2/c1-16(2)33-23-20(15-29-33)19(14-21(30-23)22-7-4-12-35-22)24(34)32-10-8-31(9-11-32)18-6-3-5-17(13-18)25(26,27)28/h3-7,12-16H,8-11H2,1-2H3. The van der Waals surface area contributed by atoms with Gasteiger partial charge in [-0.25, -0.2) is 9.67 Å². The molecule has 3 aromatic heterocycles. The second kappa shape index (κ2) is 8.75. The fourth-order valence-electron chi connectivity index (χ4n) is 4.34. The van der Waals surface area contributed by atoms with E-state index in [1.54, 1.807) is 46.3 Å². The highest BCUT2D eigenvalue weighted by Gasteiger charge is 2.31. The number of anilines is 1. The first-order valence-electron chi connectivity index (χ1n) is 11.4. The van der Waals surface area contributed by atoms with Crippen molar-refractivity contribution >= 4 is 22.6 Å². The van der Waals surface area contributed by atoms with Crippen molar-refractivity contribution in [2.24, 2.45) is 0 Å². The van der Waals surface area contributed by atoms with Crippen LogP contribution in [-0.2, 0) is 6.18 Å². The van der Waals surface area contributed by atoms with Crippen molar-refractivity contribution in [2.75, 3.05) is 31.1 Å². The Morgan fingerprint density at radius 3 is 2.49 bits per heavy atom. The first-order chi connectivity index (χ1) is 16.7. The van der Waals surface area contributed by atoms with Crippen LogP contribution < -0.4 is 4.90 Å². The molecule has 1 fully saturated rings. The lowest BCUT2D eigenvalue weighted by Crippen LogP contribution is -2.48. The number of fused-ring (bicyclic) bond motifs is 1. The predicted molar refractivity (Wildman–Crippen MR) is 125 cm³/mol. The molecule has 35 heavy (non-hydrogen) atoms. The minimum Gasteiger partial charge on any atom is -0.463 e. The van der Waals surface area contributed by atoms with Gasteiger partial charge in [0, 0.05) is 37.9 Å². The Kier molecular flexibility index (Phi) is 5.74. The van der Waals surface area contributed by atoms with Gasteiger partial charge in [-0.1, -0.05) is 6.07 Å². The van der Waals surface area contributed by atoms with Gasteiger partial charge in [0.15, 0.2) is 11.4 Å². The van der Waals surface area contributed by atoms with E-state index in [4.69, 9.17) is 9.40 Å². The average molecular weight is 483 g/mol. The quantitative estimate of drug-likeness (QED) is 0.397. The third kappa shape index (κ3) is 4.36. The molecule has 4 aromatic rings. The van der Waals surface area contributed by atoms with Crippen LogP contribution in [0.15, 0.2) is 59.3 Å². The summed E-state index contributed by atoms with van der Waals surface area (Å²) in [5.74, 6) is 0.379. The van der Waals surface area contributed by atoms with Gasteiger partial charge in [-0.15, -0.1) is 0 Å². The van der Waals surface area contributed by atoms with E-state index in [0.717, 1.165) is 12.1 Å². The van der Waals surface area contributed by atoms with Gasteiger partial charge in [-0.3, -0.25) is 4.79 Å². The lowest BCUT2D eigenvalue weighted by atomic mass is 10.1. The molecule has 0 radical (unpaired) electrons. The van der Waals surface area contributed by atoms with Gasteiger partial charge in [0.05, 0.1) is 29.0 Å². The molecule has 0 unspecified atom stereocenters. The minimum atomic E-state index is -4.40. The number of benzene rings is 1. The maximum absolute atomic E-state index is 13.6. The molecule has 1 aliphatic rings. The smallest absolute Gasteiger partial charge is 0.416 e. The number of carbonyl (C=O) groups excluding carboxylic acids is 1. The molecular formula is C25H24F3N5O2. The molecule has 0 N–H and O–H groups in total. The number of hydrogen-bond donors (Lipinski definition) is 0. The van der Waals surface area contributed by atoms with Gasteiger partial charge in [0.2, 0.25) is 0 Å². The van der Waals surface area contributed by atoms with Crippen LogP contribution in [0, 0.1) is 0 Å². The van der Waals surface area contributed by atoms with Gasteiger partial charge in [0.25, 0.3) is 5.91 Å². The summed E-state index contributed by atoms with van der Waals surface area (Å²) in [6.45, 7) is 5.60. The van der Waals surface area contributed by atoms with Gasteiger partial charge in [-0.05, 0) is 50.2 Å². The molecule has 1 aliphatic heterocycles. The highest BCUT2D eigenvalue weighted by molar-refractivity contribution is 6.06. The number of piperazine rings is 1. The van der Waals surface area contributed by atoms with Gasteiger partial charge >= 0.3 is 6.18 Å². The number of aromatic nitrogens is 3. The van der Waals surface area contributed by atoms with E-state index in [1.807, 2.05) is 18.7 Å². The van der Waals surface area contributed by atoms with Gasteiger partial charge in [-0.2, -0.15) is 18.3 Å². The van der Waals surface area contributed by atoms with Crippen LogP contribution in [0.4, 0.5) is 18.9 Å².